The number of carbonyl (C=O) groups excluding carboxylic acids is 1. The second-order valence-corrected chi connectivity index (χ2v) is 7.51. The van der Waals surface area contributed by atoms with Gasteiger partial charge in [0.2, 0.25) is 0 Å². The predicted molar refractivity (Wildman–Crippen MR) is 96.8 cm³/mol. The van der Waals surface area contributed by atoms with Crippen LogP contribution in [-0.2, 0) is 5.60 Å². The van der Waals surface area contributed by atoms with Crippen molar-refractivity contribution in [2.45, 2.75) is 32.8 Å². The summed E-state index contributed by atoms with van der Waals surface area (Å²) in [5.41, 5.74) is -0.273. The number of urea groups is 1. The van der Waals surface area contributed by atoms with Gasteiger partial charge in [0, 0.05) is 19.6 Å². The zero-order chi connectivity index (χ0) is 17.6. The Balaban J connectivity index is 1.69. The SMILES string of the molecule is CC(C)CN1CCC(CNC(=O)NCC(C)(O)c2ccccc2)C1. The van der Waals surface area contributed by atoms with Crippen LogP contribution in [0.5, 0.6) is 0 Å². The molecule has 1 heterocycles. The highest BCUT2D eigenvalue weighted by Gasteiger charge is 2.25. The molecule has 1 aromatic carbocycles. The molecule has 2 atom stereocenters. The second kappa shape index (κ2) is 8.49. The molecule has 5 nitrogen and oxygen atoms in total. The predicted octanol–water partition coefficient (Wildman–Crippen LogP) is 2.17. The third-order valence-corrected chi connectivity index (χ3v) is 4.53. The molecule has 1 saturated heterocycles. The molecule has 0 aliphatic carbocycles. The van der Waals surface area contributed by atoms with E-state index in [9.17, 15) is 9.90 Å². The monoisotopic (exact) mass is 333 g/mol. The minimum Gasteiger partial charge on any atom is -0.384 e. The quantitative estimate of drug-likeness (QED) is 0.716. The van der Waals surface area contributed by atoms with E-state index in [2.05, 4.69) is 29.4 Å². The molecule has 0 aromatic heterocycles. The lowest BCUT2D eigenvalue weighted by Gasteiger charge is -2.24. The maximum absolute atomic E-state index is 12.0. The largest absolute Gasteiger partial charge is 0.384 e. The first kappa shape index (κ1) is 18.7. The summed E-state index contributed by atoms with van der Waals surface area (Å²) in [4.78, 5) is 14.5. The average Bonchev–Trinajstić information content (AvgIpc) is 2.98. The third kappa shape index (κ3) is 5.80. The summed E-state index contributed by atoms with van der Waals surface area (Å²) < 4.78 is 0. The Hall–Kier alpha value is -1.59. The van der Waals surface area contributed by atoms with Crippen LogP contribution < -0.4 is 10.6 Å². The zero-order valence-corrected chi connectivity index (χ0v) is 15.1. The van der Waals surface area contributed by atoms with Crippen molar-refractivity contribution < 1.29 is 9.90 Å². The Labute approximate surface area is 145 Å². The van der Waals surface area contributed by atoms with Crippen LogP contribution in [0.2, 0.25) is 0 Å². The van der Waals surface area contributed by atoms with Gasteiger partial charge in [-0.1, -0.05) is 44.2 Å². The highest BCUT2D eigenvalue weighted by Crippen LogP contribution is 2.19. The van der Waals surface area contributed by atoms with Gasteiger partial charge in [-0.05, 0) is 37.3 Å². The summed E-state index contributed by atoms with van der Waals surface area (Å²) in [5, 5.41) is 16.2. The van der Waals surface area contributed by atoms with Gasteiger partial charge in [0.05, 0.1) is 6.54 Å². The maximum atomic E-state index is 12.0. The number of carbonyl (C=O) groups is 1. The molecule has 2 amide bonds. The van der Waals surface area contributed by atoms with Crippen LogP contribution in [0.25, 0.3) is 0 Å². The van der Waals surface area contributed by atoms with E-state index in [1.54, 1.807) is 6.92 Å². The van der Waals surface area contributed by atoms with Crippen molar-refractivity contribution >= 4 is 6.03 Å². The van der Waals surface area contributed by atoms with Gasteiger partial charge < -0.3 is 20.6 Å². The molecule has 1 aliphatic heterocycles. The van der Waals surface area contributed by atoms with Gasteiger partial charge in [-0.25, -0.2) is 4.79 Å². The highest BCUT2D eigenvalue weighted by molar-refractivity contribution is 5.73. The van der Waals surface area contributed by atoms with Crippen molar-refractivity contribution in [2.24, 2.45) is 11.8 Å². The summed E-state index contributed by atoms with van der Waals surface area (Å²) in [6.07, 6.45) is 1.13. The molecule has 1 aliphatic rings. The molecule has 2 unspecified atom stereocenters. The van der Waals surface area contributed by atoms with Gasteiger partial charge in [-0.3, -0.25) is 0 Å². The van der Waals surface area contributed by atoms with Gasteiger partial charge in [0.1, 0.15) is 5.60 Å². The number of amides is 2. The van der Waals surface area contributed by atoms with Crippen molar-refractivity contribution in [2.75, 3.05) is 32.7 Å². The number of rotatable bonds is 7. The van der Waals surface area contributed by atoms with Crippen LogP contribution in [0, 0.1) is 11.8 Å². The summed E-state index contributed by atoms with van der Waals surface area (Å²) in [6.45, 7) is 10.4. The van der Waals surface area contributed by atoms with E-state index in [4.69, 9.17) is 0 Å². The molecule has 1 aromatic rings. The Kier molecular flexibility index (Phi) is 6.63. The van der Waals surface area contributed by atoms with Crippen molar-refractivity contribution in [1.82, 2.24) is 15.5 Å². The Bertz CT molecular complexity index is 517. The van der Waals surface area contributed by atoms with Crippen LogP contribution in [0.4, 0.5) is 4.79 Å². The minimum absolute atomic E-state index is 0.187. The van der Waals surface area contributed by atoms with E-state index in [0.717, 1.165) is 31.6 Å². The standard InChI is InChI=1S/C19H31N3O2/c1-15(2)12-22-10-9-16(13-22)11-20-18(23)21-14-19(3,24)17-7-5-4-6-8-17/h4-8,15-16,24H,9-14H2,1-3H3,(H2,20,21,23). The fourth-order valence-corrected chi connectivity index (χ4v) is 3.21. The molecular weight excluding hydrogens is 302 g/mol. The molecule has 0 spiro atoms. The fraction of sp³-hybridized carbons (Fsp3) is 0.632. The van der Waals surface area contributed by atoms with Gasteiger partial charge in [0.15, 0.2) is 0 Å². The lowest BCUT2D eigenvalue weighted by Crippen LogP contribution is -2.44. The molecule has 3 N–H and O–H groups in total. The third-order valence-electron chi connectivity index (χ3n) is 4.53. The van der Waals surface area contributed by atoms with Gasteiger partial charge >= 0.3 is 6.03 Å². The number of aliphatic hydroxyl groups is 1. The number of hydrogen-bond acceptors (Lipinski definition) is 3. The number of nitrogens with one attached hydrogen (secondary N) is 2. The number of hydrogen-bond donors (Lipinski definition) is 3. The zero-order valence-electron chi connectivity index (χ0n) is 15.1. The lowest BCUT2D eigenvalue weighted by atomic mass is 9.96. The molecular formula is C19H31N3O2. The summed E-state index contributed by atoms with van der Waals surface area (Å²) >= 11 is 0. The Morgan fingerprint density at radius 2 is 2.04 bits per heavy atom. The van der Waals surface area contributed by atoms with Crippen molar-refractivity contribution in [1.29, 1.82) is 0 Å². The topological polar surface area (TPSA) is 64.6 Å². The molecule has 0 bridgehead atoms. The lowest BCUT2D eigenvalue weighted by molar-refractivity contribution is 0.0593. The van der Waals surface area contributed by atoms with Gasteiger partial charge in [0.25, 0.3) is 0 Å². The number of nitrogens with zero attached hydrogens (tertiary/aromatic N) is 1. The summed E-state index contributed by atoms with van der Waals surface area (Å²) in [7, 11) is 0. The first-order valence-electron chi connectivity index (χ1n) is 8.89. The molecule has 134 valence electrons. The van der Waals surface area contributed by atoms with Crippen LogP contribution >= 0.6 is 0 Å². The van der Waals surface area contributed by atoms with E-state index in [1.165, 1.54) is 0 Å². The summed E-state index contributed by atoms with van der Waals surface area (Å²) in [5.74, 6) is 1.20. The normalized spacial score (nSPS) is 20.8. The summed E-state index contributed by atoms with van der Waals surface area (Å²) in [6, 6.07) is 9.18. The Morgan fingerprint density at radius 1 is 1.33 bits per heavy atom. The van der Waals surface area contributed by atoms with Crippen molar-refractivity contribution in [3.63, 3.8) is 0 Å². The molecule has 0 saturated carbocycles. The maximum Gasteiger partial charge on any atom is 0.314 e. The van der Waals surface area contributed by atoms with E-state index in [1.807, 2.05) is 30.3 Å². The van der Waals surface area contributed by atoms with Crippen molar-refractivity contribution in [3.05, 3.63) is 35.9 Å². The van der Waals surface area contributed by atoms with Gasteiger partial charge in [-0.15, -0.1) is 0 Å². The van der Waals surface area contributed by atoms with Crippen LogP contribution in [0.15, 0.2) is 30.3 Å². The molecule has 1 fully saturated rings. The van der Waals surface area contributed by atoms with E-state index < -0.39 is 5.60 Å². The average molecular weight is 333 g/mol. The number of likely N-dealkylation sites (tertiary alicyclic amines) is 1. The van der Waals surface area contributed by atoms with Gasteiger partial charge in [-0.2, -0.15) is 0 Å². The minimum atomic E-state index is -1.07. The number of benzene rings is 1. The van der Waals surface area contributed by atoms with Crippen molar-refractivity contribution in [3.8, 4) is 0 Å². The van der Waals surface area contributed by atoms with E-state index >= 15 is 0 Å². The van der Waals surface area contributed by atoms with E-state index in [0.29, 0.717) is 18.4 Å². The first-order valence-corrected chi connectivity index (χ1v) is 8.89. The molecule has 5 heteroatoms. The highest BCUT2D eigenvalue weighted by atomic mass is 16.3. The van der Waals surface area contributed by atoms with Crippen LogP contribution in [0.1, 0.15) is 32.8 Å². The van der Waals surface area contributed by atoms with E-state index in [-0.39, 0.29) is 12.6 Å². The first-order chi connectivity index (χ1) is 11.4. The fourth-order valence-electron chi connectivity index (χ4n) is 3.21. The molecule has 0 radical (unpaired) electrons. The molecule has 2 rings (SSSR count). The van der Waals surface area contributed by atoms with Crippen LogP contribution in [0.3, 0.4) is 0 Å². The van der Waals surface area contributed by atoms with Crippen LogP contribution in [-0.4, -0.2) is 48.8 Å². The second-order valence-electron chi connectivity index (χ2n) is 7.51. The Morgan fingerprint density at radius 3 is 2.71 bits per heavy atom. The molecule has 24 heavy (non-hydrogen) atoms. The smallest absolute Gasteiger partial charge is 0.314 e.